The van der Waals surface area contributed by atoms with Crippen molar-refractivity contribution in [2.45, 2.75) is 62.2 Å². The van der Waals surface area contributed by atoms with E-state index in [1.165, 1.54) is 37.4 Å². The Kier molecular flexibility index (Phi) is 4.38. The molecule has 7 nitrogen and oxygen atoms in total. The third-order valence-electron chi connectivity index (χ3n) is 5.50. The Labute approximate surface area is 167 Å². The molecule has 0 bridgehead atoms. The zero-order chi connectivity index (χ0) is 19.3. The second-order valence-electron chi connectivity index (χ2n) is 7.89. The molecule has 5 rings (SSSR count). The average Bonchev–Trinajstić information content (AvgIpc) is 3.59. The molecule has 8 heteroatoms. The maximum absolute atomic E-state index is 13.2. The lowest BCUT2D eigenvalue weighted by Crippen LogP contribution is -2.40. The number of amides is 2. The molecule has 2 aliphatic carbocycles. The molecule has 0 radical (unpaired) electrons. The van der Waals surface area contributed by atoms with Gasteiger partial charge in [0.05, 0.1) is 17.1 Å². The molecular formula is C20H23N5O2S. The molecule has 1 N–H and O–H groups in total. The van der Waals surface area contributed by atoms with Gasteiger partial charge in [-0.25, -0.2) is 0 Å². The Hall–Kier alpha value is -2.35. The third-order valence-corrected chi connectivity index (χ3v) is 6.43. The van der Waals surface area contributed by atoms with Gasteiger partial charge in [-0.2, -0.15) is 0 Å². The highest BCUT2D eigenvalue weighted by atomic mass is 32.2. The van der Waals surface area contributed by atoms with E-state index in [4.69, 9.17) is 0 Å². The topological polar surface area (TPSA) is 80.1 Å². The maximum atomic E-state index is 13.2. The van der Waals surface area contributed by atoms with Gasteiger partial charge in [-0.15, -0.1) is 10.2 Å². The SMILES string of the molecule is CC1CC(=O)Nc2ccccc2N1C(=O)CSc1nnc(C2CC2)n1C1CC1. The lowest BCUT2D eigenvalue weighted by Gasteiger charge is -2.27. The molecule has 2 heterocycles. The Morgan fingerprint density at radius 2 is 2.00 bits per heavy atom. The van der Waals surface area contributed by atoms with Gasteiger partial charge in [-0.1, -0.05) is 23.9 Å². The molecule has 28 heavy (non-hydrogen) atoms. The fourth-order valence-corrected chi connectivity index (χ4v) is 4.72. The molecular weight excluding hydrogens is 374 g/mol. The number of anilines is 2. The zero-order valence-corrected chi connectivity index (χ0v) is 16.6. The summed E-state index contributed by atoms with van der Waals surface area (Å²) in [5, 5.41) is 12.6. The van der Waals surface area contributed by atoms with Crippen molar-refractivity contribution in [2.75, 3.05) is 16.0 Å². The van der Waals surface area contributed by atoms with Crippen LogP contribution >= 0.6 is 11.8 Å². The Morgan fingerprint density at radius 1 is 1.21 bits per heavy atom. The van der Waals surface area contributed by atoms with Crippen molar-refractivity contribution in [1.82, 2.24) is 14.8 Å². The average molecular weight is 398 g/mol. The Balaban J connectivity index is 1.36. The molecule has 1 unspecified atom stereocenters. The van der Waals surface area contributed by atoms with E-state index in [1.807, 2.05) is 31.2 Å². The smallest absolute Gasteiger partial charge is 0.237 e. The van der Waals surface area contributed by atoms with Crippen molar-refractivity contribution >= 4 is 35.0 Å². The number of fused-ring (bicyclic) bond motifs is 1. The molecule has 1 aliphatic heterocycles. The van der Waals surface area contributed by atoms with Crippen LogP contribution in [0.5, 0.6) is 0 Å². The van der Waals surface area contributed by atoms with Crippen LogP contribution in [0.1, 0.15) is 56.8 Å². The predicted octanol–water partition coefficient (Wildman–Crippen LogP) is 3.35. The minimum atomic E-state index is -0.194. The van der Waals surface area contributed by atoms with Crippen LogP contribution in [0.15, 0.2) is 29.4 Å². The molecule has 146 valence electrons. The van der Waals surface area contributed by atoms with Gasteiger partial charge in [0, 0.05) is 24.4 Å². The molecule has 3 aliphatic rings. The van der Waals surface area contributed by atoms with E-state index < -0.39 is 0 Å². The Morgan fingerprint density at radius 3 is 2.75 bits per heavy atom. The highest BCUT2D eigenvalue weighted by molar-refractivity contribution is 7.99. The number of hydrogen-bond acceptors (Lipinski definition) is 5. The standard InChI is InChI=1S/C20H23N5O2S/c1-12-10-17(26)21-15-4-2-3-5-16(15)24(12)18(27)11-28-20-23-22-19(13-6-7-13)25(20)14-8-9-14/h2-5,12-14H,6-11H2,1H3,(H,21,26). The summed E-state index contributed by atoms with van der Waals surface area (Å²) < 4.78 is 2.26. The molecule has 1 aromatic heterocycles. The number of rotatable bonds is 5. The fourth-order valence-electron chi connectivity index (χ4n) is 3.85. The highest BCUT2D eigenvalue weighted by Crippen LogP contribution is 2.46. The van der Waals surface area contributed by atoms with Gasteiger partial charge >= 0.3 is 0 Å². The molecule has 2 amide bonds. The Bertz CT molecular complexity index is 934. The molecule has 0 saturated heterocycles. The van der Waals surface area contributed by atoms with Crippen LogP contribution in [-0.2, 0) is 9.59 Å². The second kappa shape index (κ2) is 6.92. The van der Waals surface area contributed by atoms with E-state index >= 15 is 0 Å². The van der Waals surface area contributed by atoms with Crippen LogP contribution in [0.4, 0.5) is 11.4 Å². The van der Waals surface area contributed by atoms with Crippen molar-refractivity contribution < 1.29 is 9.59 Å². The van der Waals surface area contributed by atoms with Crippen molar-refractivity contribution in [1.29, 1.82) is 0 Å². The van der Waals surface area contributed by atoms with Crippen LogP contribution in [0.3, 0.4) is 0 Å². The van der Waals surface area contributed by atoms with Gasteiger partial charge in [0.25, 0.3) is 0 Å². The number of nitrogens with one attached hydrogen (secondary N) is 1. The fraction of sp³-hybridized carbons (Fsp3) is 0.500. The minimum Gasteiger partial charge on any atom is -0.324 e. The first-order valence-corrected chi connectivity index (χ1v) is 10.9. The predicted molar refractivity (Wildman–Crippen MR) is 108 cm³/mol. The molecule has 1 aromatic carbocycles. The van der Waals surface area contributed by atoms with E-state index in [0.29, 0.717) is 17.6 Å². The van der Waals surface area contributed by atoms with Crippen LogP contribution in [0.2, 0.25) is 0 Å². The summed E-state index contributed by atoms with van der Waals surface area (Å²) >= 11 is 1.46. The number of carbonyl (C=O) groups is 2. The zero-order valence-electron chi connectivity index (χ0n) is 15.8. The highest BCUT2D eigenvalue weighted by Gasteiger charge is 2.37. The van der Waals surface area contributed by atoms with E-state index in [9.17, 15) is 9.59 Å². The summed E-state index contributed by atoms with van der Waals surface area (Å²) in [5.74, 6) is 1.85. The molecule has 1 atom stereocenters. The van der Waals surface area contributed by atoms with E-state index in [0.717, 1.165) is 16.7 Å². The summed E-state index contributed by atoms with van der Waals surface area (Å²) in [6.07, 6.45) is 5.01. The van der Waals surface area contributed by atoms with Gasteiger partial charge < -0.3 is 14.8 Å². The first kappa shape index (κ1) is 17.7. The summed E-state index contributed by atoms with van der Waals surface area (Å²) in [6, 6.07) is 7.79. The van der Waals surface area contributed by atoms with Crippen LogP contribution < -0.4 is 10.2 Å². The number of para-hydroxylation sites is 2. The van der Waals surface area contributed by atoms with Crippen molar-refractivity contribution in [3.63, 3.8) is 0 Å². The second-order valence-corrected chi connectivity index (χ2v) is 8.83. The van der Waals surface area contributed by atoms with Crippen molar-refractivity contribution in [3.05, 3.63) is 30.1 Å². The van der Waals surface area contributed by atoms with Crippen molar-refractivity contribution in [2.24, 2.45) is 0 Å². The lowest BCUT2D eigenvalue weighted by molar-refractivity contribution is -0.117. The van der Waals surface area contributed by atoms with Crippen LogP contribution in [0, 0.1) is 0 Å². The van der Waals surface area contributed by atoms with Gasteiger partial charge in [-0.05, 0) is 44.7 Å². The van der Waals surface area contributed by atoms with Gasteiger partial charge in [0.15, 0.2) is 5.16 Å². The first-order valence-electron chi connectivity index (χ1n) is 9.90. The number of carbonyl (C=O) groups excluding carboxylic acids is 2. The van der Waals surface area contributed by atoms with E-state index in [1.54, 1.807) is 4.90 Å². The van der Waals surface area contributed by atoms with Gasteiger partial charge in [-0.3, -0.25) is 9.59 Å². The number of nitrogens with zero attached hydrogens (tertiary/aromatic N) is 4. The molecule has 0 spiro atoms. The summed E-state index contributed by atoms with van der Waals surface area (Å²) in [7, 11) is 0. The first-order chi connectivity index (χ1) is 13.6. The molecule has 2 saturated carbocycles. The molecule has 2 aromatic rings. The normalized spacial score (nSPS) is 21.8. The molecule has 2 fully saturated rings. The van der Waals surface area contributed by atoms with Crippen LogP contribution in [0.25, 0.3) is 0 Å². The minimum absolute atomic E-state index is 0.0141. The van der Waals surface area contributed by atoms with Crippen LogP contribution in [-0.4, -0.2) is 38.4 Å². The quantitative estimate of drug-likeness (QED) is 0.783. The van der Waals surface area contributed by atoms with Crippen molar-refractivity contribution in [3.8, 4) is 0 Å². The number of hydrogen-bond donors (Lipinski definition) is 1. The number of aromatic nitrogens is 3. The third kappa shape index (κ3) is 3.30. The number of benzene rings is 1. The lowest BCUT2D eigenvalue weighted by atomic mass is 10.2. The van der Waals surface area contributed by atoms with E-state index in [-0.39, 0.29) is 30.0 Å². The van der Waals surface area contributed by atoms with E-state index in [2.05, 4.69) is 20.1 Å². The number of thioether (sulfide) groups is 1. The largest absolute Gasteiger partial charge is 0.324 e. The maximum Gasteiger partial charge on any atom is 0.237 e. The summed E-state index contributed by atoms with van der Waals surface area (Å²) in [5.41, 5.74) is 1.45. The van der Waals surface area contributed by atoms with Gasteiger partial charge in [0.2, 0.25) is 11.8 Å². The van der Waals surface area contributed by atoms with Gasteiger partial charge in [0.1, 0.15) is 5.82 Å². The monoisotopic (exact) mass is 397 g/mol. The summed E-state index contributed by atoms with van der Waals surface area (Å²) in [6.45, 7) is 1.92. The summed E-state index contributed by atoms with van der Waals surface area (Å²) in [4.78, 5) is 27.0.